The van der Waals surface area contributed by atoms with Crippen LogP contribution in [0.3, 0.4) is 0 Å². The number of aryl methyl sites for hydroxylation is 1. The Morgan fingerprint density at radius 3 is 2.34 bits per heavy atom. The number of benzene rings is 2. The SMILES string of the molecule is O=S(=O)([O-])CCCC[n+]1c(/C=C/c2ccc3c(c2)OCCSCCOCCOCCSCCCCCO3)sc2ccccc21. The molecular formula is C32H43NO7S4. The fraction of sp³-hybridized carbons (Fsp3) is 0.531. The lowest BCUT2D eigenvalue weighted by atomic mass is 10.2. The van der Waals surface area contributed by atoms with E-state index in [1.807, 2.05) is 42.1 Å². The molecule has 4 rings (SSSR count). The van der Waals surface area contributed by atoms with E-state index in [4.69, 9.17) is 18.9 Å². The molecule has 242 valence electrons. The molecule has 0 aliphatic carbocycles. The topological polar surface area (TPSA) is 98.0 Å². The highest BCUT2D eigenvalue weighted by atomic mass is 32.2. The summed E-state index contributed by atoms with van der Waals surface area (Å²) in [5, 5.41) is 1.05. The first-order chi connectivity index (χ1) is 21.5. The highest BCUT2D eigenvalue weighted by Gasteiger charge is 2.18. The molecular weight excluding hydrogens is 639 g/mol. The monoisotopic (exact) mass is 681 g/mol. The van der Waals surface area contributed by atoms with Crippen LogP contribution in [0.2, 0.25) is 0 Å². The Hall–Kier alpha value is -1.80. The van der Waals surface area contributed by atoms with Gasteiger partial charge in [-0.2, -0.15) is 28.1 Å². The number of thiazole rings is 1. The molecule has 3 aromatic rings. The number of nitrogens with zero attached hydrogens (tertiary/aromatic N) is 1. The molecule has 0 spiro atoms. The summed E-state index contributed by atoms with van der Waals surface area (Å²) in [4.78, 5) is 0. The van der Waals surface area contributed by atoms with Gasteiger partial charge in [-0.25, -0.2) is 8.42 Å². The van der Waals surface area contributed by atoms with Gasteiger partial charge >= 0.3 is 0 Å². The van der Waals surface area contributed by atoms with E-state index in [2.05, 4.69) is 28.9 Å². The van der Waals surface area contributed by atoms with E-state index in [9.17, 15) is 13.0 Å². The van der Waals surface area contributed by atoms with Crippen LogP contribution in [0.25, 0.3) is 22.4 Å². The molecule has 0 saturated carbocycles. The third-order valence-electron chi connectivity index (χ3n) is 6.84. The second-order valence-electron chi connectivity index (χ2n) is 10.3. The quantitative estimate of drug-likeness (QED) is 0.166. The van der Waals surface area contributed by atoms with Gasteiger partial charge in [-0.15, -0.1) is 0 Å². The lowest BCUT2D eigenvalue weighted by Gasteiger charge is -2.14. The van der Waals surface area contributed by atoms with E-state index in [-0.39, 0.29) is 5.75 Å². The minimum absolute atomic E-state index is 0.335. The first-order valence-corrected chi connectivity index (χ1v) is 19.9. The van der Waals surface area contributed by atoms with Crippen molar-refractivity contribution in [1.29, 1.82) is 0 Å². The smallest absolute Gasteiger partial charge is 0.262 e. The number of thioether (sulfide) groups is 2. The Morgan fingerprint density at radius 2 is 1.52 bits per heavy atom. The third-order valence-corrected chi connectivity index (χ3v) is 10.7. The molecule has 2 aromatic carbocycles. The molecule has 12 heteroatoms. The van der Waals surface area contributed by atoms with Crippen molar-refractivity contribution in [2.75, 3.05) is 68.4 Å². The first kappa shape index (κ1) is 35.1. The van der Waals surface area contributed by atoms with Gasteiger partial charge in [0.2, 0.25) is 5.52 Å². The largest absolute Gasteiger partial charge is 0.748 e. The Labute approximate surface area is 274 Å². The Balaban J connectivity index is 1.43. The van der Waals surface area contributed by atoms with Gasteiger partial charge in [0.25, 0.3) is 5.01 Å². The van der Waals surface area contributed by atoms with Crippen LogP contribution < -0.4 is 14.0 Å². The highest BCUT2D eigenvalue weighted by Crippen LogP contribution is 2.30. The maximum absolute atomic E-state index is 11.1. The van der Waals surface area contributed by atoms with Crippen LogP contribution in [-0.2, 0) is 26.1 Å². The van der Waals surface area contributed by atoms with Gasteiger partial charge in [-0.05, 0) is 61.3 Å². The molecule has 0 amide bonds. The summed E-state index contributed by atoms with van der Waals surface area (Å²) in [6.07, 6.45) is 8.39. The second-order valence-corrected chi connectivity index (χ2v) is 15.3. The van der Waals surface area contributed by atoms with Crippen LogP contribution >= 0.6 is 34.9 Å². The Kier molecular flexibility index (Phi) is 15.7. The van der Waals surface area contributed by atoms with E-state index in [1.54, 1.807) is 23.1 Å². The number of fused-ring (bicyclic) bond motifs is 2. The summed E-state index contributed by atoms with van der Waals surface area (Å²) in [7, 11) is -4.20. The van der Waals surface area contributed by atoms with E-state index < -0.39 is 10.1 Å². The molecule has 0 unspecified atom stereocenters. The molecule has 44 heavy (non-hydrogen) atoms. The van der Waals surface area contributed by atoms with Crippen LogP contribution in [0.5, 0.6) is 11.5 Å². The predicted octanol–water partition coefficient (Wildman–Crippen LogP) is 6.13. The Bertz CT molecular complexity index is 1410. The number of unbranched alkanes of at least 4 members (excludes halogenated alkanes) is 1. The van der Waals surface area contributed by atoms with Crippen molar-refractivity contribution < 1.29 is 36.5 Å². The molecule has 1 aromatic heterocycles. The summed E-state index contributed by atoms with van der Waals surface area (Å²) in [6, 6.07) is 14.2. The number of hydrogen-bond donors (Lipinski definition) is 0. The molecule has 1 aliphatic heterocycles. The van der Waals surface area contributed by atoms with Gasteiger partial charge in [0, 0.05) is 41.6 Å². The van der Waals surface area contributed by atoms with Crippen molar-refractivity contribution in [3.05, 3.63) is 53.0 Å². The maximum atomic E-state index is 11.1. The van der Waals surface area contributed by atoms with Gasteiger partial charge < -0.3 is 23.5 Å². The van der Waals surface area contributed by atoms with E-state index in [0.29, 0.717) is 52.4 Å². The molecule has 0 atom stereocenters. The van der Waals surface area contributed by atoms with Gasteiger partial charge in [-0.1, -0.05) is 29.5 Å². The van der Waals surface area contributed by atoms with Crippen LogP contribution in [0.1, 0.15) is 42.7 Å². The highest BCUT2D eigenvalue weighted by molar-refractivity contribution is 7.99. The maximum Gasteiger partial charge on any atom is 0.262 e. The van der Waals surface area contributed by atoms with Gasteiger partial charge in [-0.3, -0.25) is 0 Å². The predicted molar refractivity (Wildman–Crippen MR) is 182 cm³/mol. The molecule has 0 bridgehead atoms. The molecule has 0 fully saturated rings. The number of rotatable bonds is 7. The summed E-state index contributed by atoms with van der Waals surface area (Å²) in [5.41, 5.74) is 2.09. The lowest BCUT2D eigenvalue weighted by molar-refractivity contribution is -0.669. The van der Waals surface area contributed by atoms with E-state index in [1.165, 1.54) is 0 Å². The van der Waals surface area contributed by atoms with Crippen molar-refractivity contribution in [1.82, 2.24) is 0 Å². The normalized spacial score (nSPS) is 17.4. The number of aromatic nitrogens is 1. The van der Waals surface area contributed by atoms with Crippen molar-refractivity contribution in [2.45, 2.75) is 38.6 Å². The minimum Gasteiger partial charge on any atom is -0.748 e. The van der Waals surface area contributed by atoms with Crippen molar-refractivity contribution >= 4 is 67.3 Å². The standard InChI is InChI=1S/C32H43NO7S4/c34-44(35,36)25-7-4-14-33-28-8-2-3-9-31(28)43-32(33)13-11-27-10-12-29-30(26-27)40-20-24-42-23-19-38-17-16-37-18-22-41-21-6-1-5-15-39-29/h2-3,8-13,26H,1,4-7,14-25H2/b13-11+. The molecule has 8 nitrogen and oxygen atoms in total. The molecule has 0 saturated heterocycles. The van der Waals surface area contributed by atoms with Crippen LogP contribution in [0.15, 0.2) is 42.5 Å². The number of hydrogen-bond acceptors (Lipinski definition) is 10. The summed E-state index contributed by atoms with van der Waals surface area (Å²) in [5.74, 6) is 5.08. The van der Waals surface area contributed by atoms with Crippen molar-refractivity contribution in [3.63, 3.8) is 0 Å². The minimum atomic E-state index is -4.20. The second kappa shape index (κ2) is 19.7. The number of para-hydroxylation sites is 1. The van der Waals surface area contributed by atoms with Crippen molar-refractivity contribution in [3.8, 4) is 11.5 Å². The van der Waals surface area contributed by atoms with Crippen molar-refractivity contribution in [2.24, 2.45) is 0 Å². The summed E-state index contributed by atoms with van der Waals surface area (Å²) < 4.78 is 60.2. The average molecular weight is 682 g/mol. The van der Waals surface area contributed by atoms with Crippen LogP contribution in [0, 0.1) is 0 Å². The van der Waals surface area contributed by atoms with Crippen LogP contribution in [0.4, 0.5) is 0 Å². The zero-order valence-electron chi connectivity index (χ0n) is 25.2. The lowest BCUT2D eigenvalue weighted by Crippen LogP contribution is -2.35. The first-order valence-electron chi connectivity index (χ1n) is 15.2. The van der Waals surface area contributed by atoms with E-state index in [0.717, 1.165) is 81.2 Å². The number of ether oxygens (including phenoxy) is 4. The fourth-order valence-corrected chi connectivity index (χ4v) is 7.76. The third kappa shape index (κ3) is 12.9. The summed E-state index contributed by atoms with van der Waals surface area (Å²) in [6.45, 7) is 4.62. The van der Waals surface area contributed by atoms with Gasteiger partial charge in [0.05, 0.1) is 49.8 Å². The fourth-order valence-electron chi connectivity index (χ4n) is 4.62. The zero-order valence-corrected chi connectivity index (χ0v) is 28.4. The van der Waals surface area contributed by atoms with Crippen LogP contribution in [-0.4, -0.2) is 81.4 Å². The molecule has 0 N–H and O–H groups in total. The molecule has 2 heterocycles. The van der Waals surface area contributed by atoms with Gasteiger partial charge in [0.15, 0.2) is 18.0 Å². The van der Waals surface area contributed by atoms with E-state index >= 15 is 0 Å². The Morgan fingerprint density at radius 1 is 0.773 bits per heavy atom. The molecule has 0 radical (unpaired) electrons. The average Bonchev–Trinajstić information content (AvgIpc) is 3.36. The summed E-state index contributed by atoms with van der Waals surface area (Å²) >= 11 is 5.42. The van der Waals surface area contributed by atoms with Gasteiger partial charge in [0.1, 0.15) is 4.70 Å². The zero-order chi connectivity index (χ0) is 30.9. The molecule has 1 aliphatic rings.